The molecule has 106 valence electrons. The van der Waals surface area contributed by atoms with Crippen molar-refractivity contribution in [3.05, 3.63) is 64.2 Å². The van der Waals surface area contributed by atoms with Gasteiger partial charge < -0.3 is 10.5 Å². The van der Waals surface area contributed by atoms with Gasteiger partial charge in [0.25, 0.3) is 0 Å². The van der Waals surface area contributed by atoms with Crippen LogP contribution in [0, 0.1) is 6.92 Å². The Bertz CT molecular complexity index is 583. The Morgan fingerprint density at radius 2 is 1.90 bits per heavy atom. The molecule has 2 aromatic carbocycles. The molecule has 0 heterocycles. The average molecular weight is 290 g/mol. The Morgan fingerprint density at radius 3 is 2.60 bits per heavy atom. The summed E-state index contributed by atoms with van der Waals surface area (Å²) in [6.45, 7) is 4.78. The van der Waals surface area contributed by atoms with Crippen LogP contribution in [0.15, 0.2) is 42.5 Å². The molecule has 20 heavy (non-hydrogen) atoms. The summed E-state index contributed by atoms with van der Waals surface area (Å²) in [5.74, 6) is 0.832. The van der Waals surface area contributed by atoms with Crippen molar-refractivity contribution >= 4 is 11.6 Å². The zero-order valence-corrected chi connectivity index (χ0v) is 12.7. The SMILES string of the molecule is CCCOc1ccccc1C(N)c1ccc(C)cc1Cl. The lowest BCUT2D eigenvalue weighted by molar-refractivity contribution is 0.313. The van der Waals surface area contributed by atoms with Crippen molar-refractivity contribution in [1.29, 1.82) is 0 Å². The molecular formula is C17H20ClNO. The molecule has 0 saturated heterocycles. The average Bonchev–Trinajstić information content (AvgIpc) is 2.45. The summed E-state index contributed by atoms with van der Waals surface area (Å²) in [6, 6.07) is 13.5. The number of aryl methyl sites for hydroxylation is 1. The van der Waals surface area contributed by atoms with Crippen molar-refractivity contribution in [3.63, 3.8) is 0 Å². The molecule has 2 nitrogen and oxygen atoms in total. The van der Waals surface area contributed by atoms with E-state index in [1.807, 2.05) is 49.4 Å². The molecule has 0 aromatic heterocycles. The predicted molar refractivity (Wildman–Crippen MR) is 84.4 cm³/mol. The van der Waals surface area contributed by atoms with Crippen LogP contribution in [0.4, 0.5) is 0 Å². The molecule has 0 fully saturated rings. The van der Waals surface area contributed by atoms with Crippen LogP contribution in [0.1, 0.15) is 36.1 Å². The van der Waals surface area contributed by atoms with Crippen LogP contribution < -0.4 is 10.5 Å². The maximum absolute atomic E-state index is 6.38. The second kappa shape index (κ2) is 6.78. The van der Waals surface area contributed by atoms with Gasteiger partial charge in [0.05, 0.1) is 12.6 Å². The molecule has 1 atom stereocenters. The fourth-order valence-electron chi connectivity index (χ4n) is 2.13. The number of halogens is 1. The predicted octanol–water partition coefficient (Wildman–Crippen LogP) is 4.49. The minimum atomic E-state index is -0.281. The van der Waals surface area contributed by atoms with E-state index >= 15 is 0 Å². The molecule has 0 aliphatic heterocycles. The molecule has 0 aliphatic rings. The molecule has 3 heteroatoms. The highest BCUT2D eigenvalue weighted by molar-refractivity contribution is 6.31. The summed E-state index contributed by atoms with van der Waals surface area (Å²) in [5, 5.41) is 0.697. The summed E-state index contributed by atoms with van der Waals surface area (Å²) in [7, 11) is 0. The van der Waals surface area contributed by atoms with Gasteiger partial charge in [-0.25, -0.2) is 0 Å². The summed E-state index contributed by atoms with van der Waals surface area (Å²) in [6.07, 6.45) is 0.967. The van der Waals surface area contributed by atoms with Crippen LogP contribution in [0.25, 0.3) is 0 Å². The molecule has 0 radical (unpaired) electrons. The first-order valence-electron chi connectivity index (χ1n) is 6.86. The van der Waals surface area contributed by atoms with E-state index < -0.39 is 0 Å². The third-order valence-electron chi connectivity index (χ3n) is 3.21. The number of benzene rings is 2. The minimum Gasteiger partial charge on any atom is -0.493 e. The monoisotopic (exact) mass is 289 g/mol. The fraction of sp³-hybridized carbons (Fsp3) is 0.294. The Balaban J connectivity index is 2.35. The number of hydrogen-bond acceptors (Lipinski definition) is 2. The lowest BCUT2D eigenvalue weighted by atomic mass is 9.98. The van der Waals surface area contributed by atoms with Gasteiger partial charge in [-0.15, -0.1) is 0 Å². The summed E-state index contributed by atoms with van der Waals surface area (Å²) < 4.78 is 5.77. The molecule has 0 spiro atoms. The van der Waals surface area contributed by atoms with Crippen molar-refractivity contribution in [2.45, 2.75) is 26.3 Å². The lowest BCUT2D eigenvalue weighted by Crippen LogP contribution is -2.14. The number of para-hydroxylation sites is 1. The zero-order chi connectivity index (χ0) is 14.5. The topological polar surface area (TPSA) is 35.2 Å². The van der Waals surface area contributed by atoms with Gasteiger partial charge in [0.15, 0.2) is 0 Å². The van der Waals surface area contributed by atoms with Crippen LogP contribution in [-0.2, 0) is 0 Å². The highest BCUT2D eigenvalue weighted by atomic mass is 35.5. The second-order valence-electron chi connectivity index (χ2n) is 4.89. The van der Waals surface area contributed by atoms with Crippen molar-refractivity contribution in [3.8, 4) is 5.75 Å². The fourth-order valence-corrected chi connectivity index (χ4v) is 2.49. The van der Waals surface area contributed by atoms with Crippen LogP contribution in [0.2, 0.25) is 5.02 Å². The van der Waals surface area contributed by atoms with Gasteiger partial charge in [-0.1, -0.05) is 48.9 Å². The van der Waals surface area contributed by atoms with E-state index in [0.717, 1.165) is 28.9 Å². The molecule has 0 bridgehead atoms. The second-order valence-corrected chi connectivity index (χ2v) is 5.30. The molecular weight excluding hydrogens is 270 g/mol. The Morgan fingerprint density at radius 1 is 1.15 bits per heavy atom. The standard InChI is InChI=1S/C17H20ClNO/c1-3-10-20-16-7-5-4-6-14(16)17(19)13-9-8-12(2)11-15(13)18/h4-9,11,17H,3,10,19H2,1-2H3. The van der Waals surface area contributed by atoms with Crippen LogP contribution >= 0.6 is 11.6 Å². The summed E-state index contributed by atoms with van der Waals surface area (Å²) >= 11 is 6.31. The number of rotatable bonds is 5. The van der Waals surface area contributed by atoms with Crippen molar-refractivity contribution < 1.29 is 4.74 Å². The maximum Gasteiger partial charge on any atom is 0.124 e. The van der Waals surface area contributed by atoms with Crippen LogP contribution in [-0.4, -0.2) is 6.61 Å². The maximum atomic E-state index is 6.38. The van der Waals surface area contributed by atoms with E-state index in [1.54, 1.807) is 0 Å². The van der Waals surface area contributed by atoms with Crippen molar-refractivity contribution in [2.75, 3.05) is 6.61 Å². The normalized spacial score (nSPS) is 12.2. The van der Waals surface area contributed by atoms with Gasteiger partial charge in [0.1, 0.15) is 5.75 Å². The van der Waals surface area contributed by atoms with E-state index in [4.69, 9.17) is 22.1 Å². The molecule has 0 amide bonds. The van der Waals surface area contributed by atoms with Gasteiger partial charge in [0, 0.05) is 10.6 Å². The van der Waals surface area contributed by atoms with Gasteiger partial charge >= 0.3 is 0 Å². The van der Waals surface area contributed by atoms with Gasteiger partial charge in [-0.2, -0.15) is 0 Å². The van der Waals surface area contributed by atoms with Gasteiger partial charge in [0.2, 0.25) is 0 Å². The minimum absolute atomic E-state index is 0.281. The molecule has 2 aromatic rings. The van der Waals surface area contributed by atoms with Crippen molar-refractivity contribution in [2.24, 2.45) is 5.73 Å². The zero-order valence-electron chi connectivity index (χ0n) is 11.9. The smallest absolute Gasteiger partial charge is 0.124 e. The lowest BCUT2D eigenvalue weighted by Gasteiger charge is -2.18. The molecule has 1 unspecified atom stereocenters. The van der Waals surface area contributed by atoms with E-state index in [1.165, 1.54) is 0 Å². The first-order valence-corrected chi connectivity index (χ1v) is 7.24. The molecule has 2 N–H and O–H groups in total. The first-order chi connectivity index (χ1) is 9.63. The quantitative estimate of drug-likeness (QED) is 0.880. The summed E-state index contributed by atoms with van der Waals surface area (Å²) in [4.78, 5) is 0. The highest BCUT2D eigenvalue weighted by Crippen LogP contribution is 2.32. The summed E-state index contributed by atoms with van der Waals surface area (Å²) in [5.41, 5.74) is 9.39. The Labute approximate surface area is 125 Å². The number of hydrogen-bond donors (Lipinski definition) is 1. The van der Waals surface area contributed by atoms with Crippen LogP contribution in [0.3, 0.4) is 0 Å². The third-order valence-corrected chi connectivity index (χ3v) is 3.53. The van der Waals surface area contributed by atoms with E-state index in [0.29, 0.717) is 11.6 Å². The van der Waals surface area contributed by atoms with E-state index in [2.05, 4.69) is 6.92 Å². The van der Waals surface area contributed by atoms with E-state index in [-0.39, 0.29) is 6.04 Å². The number of nitrogens with two attached hydrogens (primary N) is 1. The van der Waals surface area contributed by atoms with Crippen molar-refractivity contribution in [1.82, 2.24) is 0 Å². The first kappa shape index (κ1) is 14.9. The molecule has 0 saturated carbocycles. The van der Waals surface area contributed by atoms with Crippen LogP contribution in [0.5, 0.6) is 5.75 Å². The Kier molecular flexibility index (Phi) is 5.05. The van der Waals surface area contributed by atoms with E-state index in [9.17, 15) is 0 Å². The molecule has 0 aliphatic carbocycles. The van der Waals surface area contributed by atoms with Gasteiger partial charge in [-0.05, 0) is 36.6 Å². The third kappa shape index (κ3) is 3.33. The largest absolute Gasteiger partial charge is 0.493 e. The molecule has 2 rings (SSSR count). The number of ether oxygens (including phenoxy) is 1. The van der Waals surface area contributed by atoms with Gasteiger partial charge in [-0.3, -0.25) is 0 Å². The highest BCUT2D eigenvalue weighted by Gasteiger charge is 2.16. The Hall–Kier alpha value is -1.51.